The molecule has 6 heteroatoms. The Labute approximate surface area is 152 Å². The van der Waals surface area contributed by atoms with E-state index in [-0.39, 0.29) is 23.0 Å². The van der Waals surface area contributed by atoms with Gasteiger partial charge in [-0.25, -0.2) is 0 Å². The van der Waals surface area contributed by atoms with Crippen molar-refractivity contribution in [3.05, 3.63) is 0 Å². The first-order valence-corrected chi connectivity index (χ1v) is 9.57. The van der Waals surface area contributed by atoms with Crippen LogP contribution in [0.3, 0.4) is 0 Å². The van der Waals surface area contributed by atoms with Gasteiger partial charge in [-0.2, -0.15) is 0 Å². The molecular weight excluding hydrogens is 318 g/mol. The van der Waals surface area contributed by atoms with Crippen LogP contribution in [0, 0.1) is 5.92 Å². The molecule has 2 rings (SSSR count). The number of hydrogen-bond acceptors (Lipinski definition) is 4. The summed E-state index contributed by atoms with van der Waals surface area (Å²) in [6.45, 7) is 9.03. The number of carbonyl (C=O) groups is 2. The maximum absolute atomic E-state index is 12.1. The molecule has 0 atom stereocenters. The van der Waals surface area contributed by atoms with E-state index in [1.54, 1.807) is 7.11 Å². The summed E-state index contributed by atoms with van der Waals surface area (Å²) in [5.74, 6) is 0.698. The second-order valence-corrected chi connectivity index (χ2v) is 8.74. The van der Waals surface area contributed by atoms with Gasteiger partial charge >= 0.3 is 0 Å². The molecule has 2 fully saturated rings. The van der Waals surface area contributed by atoms with Crippen molar-refractivity contribution in [1.29, 1.82) is 0 Å². The minimum absolute atomic E-state index is 0.0876. The number of hydrogen-bond donors (Lipinski definition) is 2. The monoisotopic (exact) mass is 353 g/mol. The Kier molecular flexibility index (Phi) is 6.86. The first kappa shape index (κ1) is 20.2. The van der Waals surface area contributed by atoms with Crippen LogP contribution < -0.4 is 10.6 Å². The number of carbonyl (C=O) groups excluding carboxylic acids is 2. The summed E-state index contributed by atoms with van der Waals surface area (Å²) in [6.07, 6.45) is 5.67. The van der Waals surface area contributed by atoms with Crippen LogP contribution in [0.1, 0.15) is 59.3 Å². The molecule has 0 radical (unpaired) electrons. The van der Waals surface area contributed by atoms with Crippen LogP contribution in [-0.4, -0.2) is 61.1 Å². The lowest BCUT2D eigenvalue weighted by Gasteiger charge is -2.40. The summed E-state index contributed by atoms with van der Waals surface area (Å²) in [6, 6.07) is 0. The van der Waals surface area contributed by atoms with Crippen LogP contribution in [0.5, 0.6) is 0 Å². The number of amides is 2. The molecule has 0 spiro atoms. The van der Waals surface area contributed by atoms with Crippen molar-refractivity contribution in [3.8, 4) is 0 Å². The molecule has 2 aliphatic rings. The minimum atomic E-state index is -0.201. The third-order valence-corrected chi connectivity index (χ3v) is 5.36. The number of methoxy groups -OCH3 is 1. The zero-order valence-electron chi connectivity index (χ0n) is 16.3. The third kappa shape index (κ3) is 6.59. The van der Waals surface area contributed by atoms with E-state index in [4.69, 9.17) is 4.74 Å². The number of likely N-dealkylation sites (tertiary alicyclic amines) is 1. The highest BCUT2D eigenvalue weighted by Gasteiger charge is 2.39. The summed E-state index contributed by atoms with van der Waals surface area (Å²) in [4.78, 5) is 26.3. The fraction of sp³-hybridized carbons (Fsp3) is 0.895. The molecule has 0 aromatic carbocycles. The van der Waals surface area contributed by atoms with Crippen molar-refractivity contribution in [2.45, 2.75) is 70.4 Å². The molecule has 0 unspecified atom stereocenters. The predicted molar refractivity (Wildman–Crippen MR) is 98.3 cm³/mol. The third-order valence-electron chi connectivity index (χ3n) is 5.36. The van der Waals surface area contributed by atoms with Crippen LogP contribution in [-0.2, 0) is 14.3 Å². The van der Waals surface area contributed by atoms with Gasteiger partial charge < -0.3 is 15.4 Å². The van der Waals surface area contributed by atoms with Crippen molar-refractivity contribution in [2.75, 3.05) is 33.3 Å². The number of rotatable bonds is 7. The van der Waals surface area contributed by atoms with E-state index in [0.29, 0.717) is 18.9 Å². The van der Waals surface area contributed by atoms with Gasteiger partial charge in [-0.05, 0) is 71.9 Å². The molecule has 1 aliphatic heterocycles. The molecule has 0 aromatic rings. The summed E-state index contributed by atoms with van der Waals surface area (Å²) < 4.78 is 5.52. The van der Waals surface area contributed by atoms with E-state index < -0.39 is 0 Å². The topological polar surface area (TPSA) is 70.7 Å². The average molecular weight is 354 g/mol. The smallest absolute Gasteiger partial charge is 0.234 e. The van der Waals surface area contributed by atoms with Gasteiger partial charge in [0.05, 0.1) is 18.6 Å². The molecule has 144 valence electrons. The fourth-order valence-electron chi connectivity index (χ4n) is 3.65. The fourth-order valence-corrected chi connectivity index (χ4v) is 3.65. The van der Waals surface area contributed by atoms with Gasteiger partial charge in [-0.3, -0.25) is 14.5 Å². The first-order chi connectivity index (χ1) is 11.7. The van der Waals surface area contributed by atoms with E-state index >= 15 is 0 Å². The molecule has 25 heavy (non-hydrogen) atoms. The zero-order valence-corrected chi connectivity index (χ0v) is 16.3. The van der Waals surface area contributed by atoms with Crippen molar-refractivity contribution in [1.82, 2.24) is 15.5 Å². The van der Waals surface area contributed by atoms with Crippen LogP contribution in [0.15, 0.2) is 0 Å². The standard InChI is InChI=1S/C19H35N3O3/c1-18(2,3)21-17(24)14-22-10-6-15(7-11-22)13-20-16(23)12-19(25-4)8-5-9-19/h15H,5-14H2,1-4H3,(H,20,23)(H,21,24). The molecule has 6 nitrogen and oxygen atoms in total. The molecule has 0 aromatic heterocycles. The largest absolute Gasteiger partial charge is 0.378 e. The summed E-state index contributed by atoms with van der Waals surface area (Å²) >= 11 is 0. The lowest BCUT2D eigenvalue weighted by Crippen LogP contribution is -2.48. The van der Waals surface area contributed by atoms with E-state index in [1.165, 1.54) is 0 Å². The second-order valence-electron chi connectivity index (χ2n) is 8.74. The Hall–Kier alpha value is -1.14. The van der Waals surface area contributed by atoms with Gasteiger partial charge in [0.2, 0.25) is 11.8 Å². The number of nitrogens with one attached hydrogen (secondary N) is 2. The van der Waals surface area contributed by atoms with Crippen LogP contribution in [0.4, 0.5) is 0 Å². The SMILES string of the molecule is COC1(CC(=O)NCC2CCN(CC(=O)NC(C)(C)C)CC2)CCC1. The normalized spacial score (nSPS) is 21.4. The van der Waals surface area contributed by atoms with Gasteiger partial charge in [0.15, 0.2) is 0 Å². The number of nitrogens with zero attached hydrogens (tertiary/aromatic N) is 1. The molecule has 2 amide bonds. The Morgan fingerprint density at radius 1 is 1.16 bits per heavy atom. The quantitative estimate of drug-likeness (QED) is 0.731. The maximum Gasteiger partial charge on any atom is 0.234 e. The maximum atomic E-state index is 12.1. The molecule has 1 aliphatic carbocycles. The summed E-state index contributed by atoms with van der Waals surface area (Å²) in [5, 5.41) is 6.09. The van der Waals surface area contributed by atoms with Crippen molar-refractivity contribution < 1.29 is 14.3 Å². The highest BCUT2D eigenvalue weighted by Crippen LogP contribution is 2.37. The van der Waals surface area contributed by atoms with Crippen LogP contribution in [0.25, 0.3) is 0 Å². The van der Waals surface area contributed by atoms with Gasteiger partial charge in [0, 0.05) is 19.2 Å². The number of piperidine rings is 1. The van der Waals surface area contributed by atoms with E-state index in [9.17, 15) is 9.59 Å². The first-order valence-electron chi connectivity index (χ1n) is 9.57. The van der Waals surface area contributed by atoms with Crippen LogP contribution >= 0.6 is 0 Å². The van der Waals surface area contributed by atoms with E-state index in [2.05, 4.69) is 15.5 Å². The lowest BCUT2D eigenvalue weighted by molar-refractivity contribution is -0.134. The van der Waals surface area contributed by atoms with E-state index in [0.717, 1.165) is 51.7 Å². The Morgan fingerprint density at radius 2 is 1.80 bits per heavy atom. The summed E-state index contributed by atoms with van der Waals surface area (Å²) in [5.41, 5.74) is -0.381. The molecule has 1 heterocycles. The molecule has 1 saturated heterocycles. The average Bonchev–Trinajstić information content (AvgIpc) is 2.48. The van der Waals surface area contributed by atoms with Gasteiger partial charge in [0.25, 0.3) is 0 Å². The molecule has 0 bridgehead atoms. The lowest BCUT2D eigenvalue weighted by atomic mass is 9.77. The summed E-state index contributed by atoms with van der Waals surface area (Å²) in [7, 11) is 1.71. The molecule has 2 N–H and O–H groups in total. The highest BCUT2D eigenvalue weighted by molar-refractivity contribution is 5.78. The van der Waals surface area contributed by atoms with Gasteiger partial charge in [0.1, 0.15) is 0 Å². The Bertz CT molecular complexity index is 456. The zero-order chi connectivity index (χ0) is 18.5. The second kappa shape index (κ2) is 8.49. The Balaban J connectivity index is 1.62. The minimum Gasteiger partial charge on any atom is -0.378 e. The van der Waals surface area contributed by atoms with Crippen molar-refractivity contribution in [3.63, 3.8) is 0 Å². The molecule has 1 saturated carbocycles. The van der Waals surface area contributed by atoms with Crippen molar-refractivity contribution >= 4 is 11.8 Å². The number of ether oxygens (including phenoxy) is 1. The van der Waals surface area contributed by atoms with Gasteiger partial charge in [-0.15, -0.1) is 0 Å². The highest BCUT2D eigenvalue weighted by atomic mass is 16.5. The van der Waals surface area contributed by atoms with Crippen molar-refractivity contribution in [2.24, 2.45) is 5.92 Å². The van der Waals surface area contributed by atoms with Crippen LogP contribution in [0.2, 0.25) is 0 Å². The molecular formula is C19H35N3O3. The Morgan fingerprint density at radius 3 is 2.28 bits per heavy atom. The predicted octanol–water partition coefficient (Wildman–Crippen LogP) is 1.69. The van der Waals surface area contributed by atoms with Gasteiger partial charge in [-0.1, -0.05) is 0 Å². The van der Waals surface area contributed by atoms with E-state index in [1.807, 2.05) is 20.8 Å².